The number of nitrogens with zero attached hydrogens (tertiary/aromatic N) is 3. The highest BCUT2D eigenvalue weighted by Crippen LogP contribution is 2.23. The summed E-state index contributed by atoms with van der Waals surface area (Å²) in [7, 11) is 1.65. The zero-order chi connectivity index (χ0) is 21.8. The molecule has 1 aromatic carbocycles. The maximum Gasteiger partial charge on any atom is 0.241 e. The number of hydrogen-bond donors (Lipinski definition) is 1. The lowest BCUT2D eigenvalue weighted by atomic mass is 10.0. The molecule has 0 spiro atoms. The van der Waals surface area contributed by atoms with Crippen LogP contribution in [0.4, 0.5) is 5.69 Å². The first-order chi connectivity index (χ1) is 15.0. The van der Waals surface area contributed by atoms with Gasteiger partial charge in [-0.2, -0.15) is 5.10 Å². The molecule has 0 bridgehead atoms. The molecule has 1 amide bonds. The van der Waals surface area contributed by atoms with Crippen molar-refractivity contribution in [2.75, 3.05) is 19.0 Å². The van der Waals surface area contributed by atoms with Crippen LogP contribution in [-0.4, -0.2) is 40.3 Å². The smallest absolute Gasteiger partial charge is 0.241 e. The summed E-state index contributed by atoms with van der Waals surface area (Å²) in [6.07, 6.45) is 2.99. The van der Waals surface area contributed by atoms with Crippen molar-refractivity contribution in [3.05, 3.63) is 65.4 Å². The van der Waals surface area contributed by atoms with E-state index in [9.17, 15) is 4.79 Å². The number of likely N-dealkylation sites (tertiary alicyclic amines) is 1. The molecule has 4 rings (SSSR count). The first kappa shape index (κ1) is 21.3. The topological polar surface area (TPSA) is 72.5 Å². The number of furan rings is 1. The third kappa shape index (κ3) is 5.06. The lowest BCUT2D eigenvalue weighted by Crippen LogP contribution is -2.46. The molecule has 3 heterocycles. The number of amides is 1. The van der Waals surface area contributed by atoms with Crippen LogP contribution in [0.3, 0.4) is 0 Å². The molecule has 2 aromatic heterocycles. The van der Waals surface area contributed by atoms with E-state index in [0.717, 1.165) is 60.1 Å². The number of nitrogens with one attached hydrogen (secondary N) is 1. The minimum atomic E-state index is -0.166. The van der Waals surface area contributed by atoms with Gasteiger partial charge in [0, 0.05) is 18.5 Å². The van der Waals surface area contributed by atoms with Crippen LogP contribution in [-0.2, 0) is 22.7 Å². The van der Waals surface area contributed by atoms with E-state index in [1.54, 1.807) is 7.11 Å². The third-order valence-corrected chi connectivity index (χ3v) is 5.67. The average Bonchev–Trinajstić information content (AvgIpc) is 3.34. The molecule has 7 nitrogen and oxygen atoms in total. The highest BCUT2D eigenvalue weighted by Gasteiger charge is 2.29. The minimum Gasteiger partial charge on any atom is -0.462 e. The van der Waals surface area contributed by atoms with Gasteiger partial charge in [0.1, 0.15) is 18.1 Å². The van der Waals surface area contributed by atoms with E-state index in [1.807, 2.05) is 61.0 Å². The molecule has 31 heavy (non-hydrogen) atoms. The lowest BCUT2D eigenvalue weighted by Gasteiger charge is -2.34. The Bertz CT molecular complexity index is 1020. The quantitative estimate of drug-likeness (QED) is 0.617. The number of aryl methyl sites for hydroxylation is 2. The predicted octanol–water partition coefficient (Wildman–Crippen LogP) is 4.22. The maximum absolute atomic E-state index is 13.1. The number of ether oxygens (including phenoxy) is 1. The summed E-state index contributed by atoms with van der Waals surface area (Å²) in [6.45, 7) is 5.98. The SMILES string of the molecule is COCc1ccc(CN2CCCC[C@@H]2C(=O)Nc2ccc(-n3nc(C)cc3C)cc2)o1. The van der Waals surface area contributed by atoms with Crippen molar-refractivity contribution in [3.63, 3.8) is 0 Å². The molecule has 1 saturated heterocycles. The molecule has 0 unspecified atom stereocenters. The van der Waals surface area contributed by atoms with Crippen LogP contribution in [0.5, 0.6) is 0 Å². The number of carbonyl (C=O) groups is 1. The molecule has 0 aliphatic carbocycles. The first-order valence-corrected chi connectivity index (χ1v) is 10.8. The molecular formula is C24H30N4O3. The van der Waals surface area contributed by atoms with Gasteiger partial charge in [-0.25, -0.2) is 4.68 Å². The molecule has 1 atom stereocenters. The highest BCUT2D eigenvalue weighted by atomic mass is 16.5. The highest BCUT2D eigenvalue weighted by molar-refractivity contribution is 5.95. The van der Waals surface area contributed by atoms with Crippen LogP contribution < -0.4 is 5.32 Å². The van der Waals surface area contributed by atoms with E-state index < -0.39 is 0 Å². The van der Waals surface area contributed by atoms with E-state index in [2.05, 4.69) is 15.3 Å². The number of carbonyl (C=O) groups excluding carboxylic acids is 1. The van der Waals surface area contributed by atoms with Crippen LogP contribution in [0, 0.1) is 13.8 Å². The monoisotopic (exact) mass is 422 g/mol. The van der Waals surface area contributed by atoms with E-state index in [-0.39, 0.29) is 11.9 Å². The van der Waals surface area contributed by atoms with Gasteiger partial charge < -0.3 is 14.5 Å². The van der Waals surface area contributed by atoms with Crippen LogP contribution in [0.15, 0.2) is 46.9 Å². The zero-order valence-electron chi connectivity index (χ0n) is 18.4. The summed E-state index contributed by atoms with van der Waals surface area (Å²) in [5.74, 6) is 1.70. The normalized spacial score (nSPS) is 17.1. The summed E-state index contributed by atoms with van der Waals surface area (Å²) in [6, 6.07) is 13.6. The zero-order valence-corrected chi connectivity index (χ0v) is 18.4. The van der Waals surface area contributed by atoms with Crippen molar-refractivity contribution in [3.8, 4) is 5.69 Å². The number of anilines is 1. The number of benzene rings is 1. The minimum absolute atomic E-state index is 0.0298. The standard InChI is InChI=1S/C24H30N4O3/c1-17-14-18(2)28(26-17)20-9-7-19(8-10-20)25-24(29)23-6-4-5-13-27(23)15-21-11-12-22(31-21)16-30-3/h7-12,14,23H,4-6,13,15-16H2,1-3H3,(H,25,29)/t23-/m1/s1. The van der Waals surface area contributed by atoms with Gasteiger partial charge in [0.2, 0.25) is 5.91 Å². The summed E-state index contributed by atoms with van der Waals surface area (Å²) in [5, 5.41) is 7.60. The molecule has 0 saturated carbocycles. The predicted molar refractivity (Wildman–Crippen MR) is 119 cm³/mol. The summed E-state index contributed by atoms with van der Waals surface area (Å²) in [5.41, 5.74) is 3.84. The molecular weight excluding hydrogens is 392 g/mol. The van der Waals surface area contributed by atoms with Gasteiger partial charge in [-0.15, -0.1) is 0 Å². The molecule has 1 aliphatic heterocycles. The van der Waals surface area contributed by atoms with Crippen LogP contribution in [0.25, 0.3) is 5.69 Å². The van der Waals surface area contributed by atoms with Gasteiger partial charge in [0.05, 0.1) is 24.0 Å². The average molecular weight is 423 g/mol. The molecule has 1 fully saturated rings. The lowest BCUT2D eigenvalue weighted by molar-refractivity contribution is -0.122. The van der Waals surface area contributed by atoms with Gasteiger partial charge in [0.25, 0.3) is 0 Å². The van der Waals surface area contributed by atoms with E-state index in [4.69, 9.17) is 9.15 Å². The molecule has 0 radical (unpaired) electrons. The van der Waals surface area contributed by atoms with Gasteiger partial charge in [-0.3, -0.25) is 9.69 Å². The third-order valence-electron chi connectivity index (χ3n) is 5.67. The second kappa shape index (κ2) is 9.49. The summed E-state index contributed by atoms with van der Waals surface area (Å²) in [4.78, 5) is 15.3. The van der Waals surface area contributed by atoms with Gasteiger partial charge in [-0.05, 0) is 75.7 Å². The van der Waals surface area contributed by atoms with Crippen molar-refractivity contribution in [2.24, 2.45) is 0 Å². The Hall–Kier alpha value is -2.90. The van der Waals surface area contributed by atoms with Crippen LogP contribution in [0.2, 0.25) is 0 Å². The number of methoxy groups -OCH3 is 1. The fourth-order valence-corrected chi connectivity index (χ4v) is 4.21. The second-order valence-corrected chi connectivity index (χ2v) is 8.16. The maximum atomic E-state index is 13.1. The fraction of sp³-hybridized carbons (Fsp3) is 0.417. The van der Waals surface area contributed by atoms with Gasteiger partial charge in [-0.1, -0.05) is 6.42 Å². The Morgan fingerprint density at radius 3 is 2.65 bits per heavy atom. The number of rotatable bonds is 7. The van der Waals surface area contributed by atoms with E-state index in [1.165, 1.54) is 0 Å². The molecule has 1 aliphatic rings. The van der Waals surface area contributed by atoms with Crippen molar-refractivity contribution >= 4 is 11.6 Å². The Morgan fingerprint density at radius 1 is 1.16 bits per heavy atom. The number of hydrogen-bond acceptors (Lipinski definition) is 5. The van der Waals surface area contributed by atoms with Gasteiger partial charge in [0.15, 0.2) is 0 Å². The van der Waals surface area contributed by atoms with Crippen molar-refractivity contribution in [1.29, 1.82) is 0 Å². The first-order valence-electron chi connectivity index (χ1n) is 10.8. The number of piperidine rings is 1. The molecule has 1 N–H and O–H groups in total. The molecule has 164 valence electrons. The van der Waals surface area contributed by atoms with E-state index >= 15 is 0 Å². The Labute approximate surface area is 183 Å². The Balaban J connectivity index is 1.41. The molecule has 3 aromatic rings. The number of aromatic nitrogens is 2. The van der Waals surface area contributed by atoms with Crippen LogP contribution in [0.1, 0.15) is 42.2 Å². The van der Waals surface area contributed by atoms with E-state index in [0.29, 0.717) is 13.2 Å². The largest absolute Gasteiger partial charge is 0.462 e. The summed E-state index contributed by atoms with van der Waals surface area (Å²) < 4.78 is 12.9. The molecule has 7 heteroatoms. The van der Waals surface area contributed by atoms with Crippen molar-refractivity contribution < 1.29 is 13.9 Å². The fourth-order valence-electron chi connectivity index (χ4n) is 4.21. The van der Waals surface area contributed by atoms with Crippen LogP contribution >= 0.6 is 0 Å². The Morgan fingerprint density at radius 2 is 1.94 bits per heavy atom. The van der Waals surface area contributed by atoms with Gasteiger partial charge >= 0.3 is 0 Å². The second-order valence-electron chi connectivity index (χ2n) is 8.16. The van der Waals surface area contributed by atoms with Crippen molar-refractivity contribution in [2.45, 2.75) is 52.3 Å². The van der Waals surface area contributed by atoms with Crippen molar-refractivity contribution in [1.82, 2.24) is 14.7 Å². The Kier molecular flexibility index (Phi) is 6.53. The summed E-state index contributed by atoms with van der Waals surface area (Å²) >= 11 is 0.